The smallest absolute Gasteiger partial charge is 0.226 e. The third-order valence-electron chi connectivity index (χ3n) is 4.54. The van der Waals surface area contributed by atoms with Crippen LogP contribution in [-0.4, -0.2) is 25.4 Å². The molecule has 0 radical (unpaired) electrons. The number of thiazole rings is 1. The average molecular weight is 492 g/mol. The number of aromatic nitrogens is 1. The van der Waals surface area contributed by atoms with E-state index in [9.17, 15) is 13.2 Å². The van der Waals surface area contributed by atoms with Crippen molar-refractivity contribution in [2.24, 2.45) is 0 Å². The van der Waals surface area contributed by atoms with Crippen LogP contribution in [-0.2, 0) is 40.0 Å². The Bertz CT molecular complexity index is 1180. The second-order valence-electron chi connectivity index (χ2n) is 7.79. The molecule has 0 saturated heterocycles. The number of benzene rings is 2. The Hall–Kier alpha value is -2.26. The van der Waals surface area contributed by atoms with Gasteiger partial charge in [0, 0.05) is 29.4 Å². The lowest BCUT2D eigenvalue weighted by Gasteiger charge is -2.13. The summed E-state index contributed by atoms with van der Waals surface area (Å²) in [5, 5.41) is 6.37. The third-order valence-corrected chi connectivity index (χ3v) is 7.19. The first-order valence-electron chi connectivity index (χ1n) is 10.2. The van der Waals surface area contributed by atoms with Crippen LogP contribution in [0.25, 0.3) is 0 Å². The van der Waals surface area contributed by atoms with Crippen LogP contribution in [0.4, 0.5) is 0 Å². The second kappa shape index (κ2) is 11.0. The van der Waals surface area contributed by atoms with Crippen molar-refractivity contribution in [3.63, 3.8) is 0 Å². The summed E-state index contributed by atoms with van der Waals surface area (Å²) in [7, 11) is -3.45. The van der Waals surface area contributed by atoms with Crippen LogP contribution in [0.3, 0.4) is 0 Å². The molecule has 32 heavy (non-hydrogen) atoms. The zero-order valence-electron chi connectivity index (χ0n) is 18.0. The molecule has 0 spiro atoms. The van der Waals surface area contributed by atoms with E-state index < -0.39 is 10.0 Å². The fourth-order valence-corrected chi connectivity index (χ4v) is 5.76. The van der Waals surface area contributed by atoms with Crippen molar-refractivity contribution >= 4 is 38.9 Å². The molecule has 3 aromatic rings. The topological polar surface area (TPSA) is 88.2 Å². The minimum Gasteiger partial charge on any atom is -0.352 e. The standard InChI is InChI=1S/C23H26ClN3O3S2/c1-16(2)27-32(29,30)15-19-8-4-3-7-18(19)13-25-22(28)12-21-14-31-23(26-21)11-17-6-5-9-20(24)10-17/h3-10,14,16,27H,11-13,15H2,1-2H3,(H,25,28). The number of rotatable bonds is 10. The lowest BCUT2D eigenvalue weighted by Crippen LogP contribution is -2.32. The van der Waals surface area contributed by atoms with Crippen molar-refractivity contribution in [2.75, 3.05) is 0 Å². The SMILES string of the molecule is CC(C)NS(=O)(=O)Cc1ccccc1CNC(=O)Cc1csc(Cc2cccc(Cl)c2)n1. The highest BCUT2D eigenvalue weighted by atomic mass is 35.5. The van der Waals surface area contributed by atoms with E-state index in [1.165, 1.54) is 11.3 Å². The normalized spacial score (nSPS) is 11.6. The Balaban J connectivity index is 1.56. The van der Waals surface area contributed by atoms with Crippen molar-refractivity contribution in [2.45, 2.75) is 45.0 Å². The van der Waals surface area contributed by atoms with E-state index >= 15 is 0 Å². The first-order valence-corrected chi connectivity index (χ1v) is 13.1. The van der Waals surface area contributed by atoms with Gasteiger partial charge in [0.2, 0.25) is 15.9 Å². The van der Waals surface area contributed by atoms with Gasteiger partial charge in [-0.2, -0.15) is 0 Å². The molecule has 170 valence electrons. The van der Waals surface area contributed by atoms with Crippen LogP contribution >= 0.6 is 22.9 Å². The van der Waals surface area contributed by atoms with Gasteiger partial charge in [-0.3, -0.25) is 4.79 Å². The van der Waals surface area contributed by atoms with Crippen molar-refractivity contribution in [1.82, 2.24) is 15.0 Å². The van der Waals surface area contributed by atoms with E-state index in [1.807, 2.05) is 41.8 Å². The highest BCUT2D eigenvalue weighted by molar-refractivity contribution is 7.88. The summed E-state index contributed by atoms with van der Waals surface area (Å²) in [6.07, 6.45) is 0.834. The number of hydrogen-bond donors (Lipinski definition) is 2. The van der Waals surface area contributed by atoms with Gasteiger partial charge in [-0.25, -0.2) is 18.1 Å². The lowest BCUT2D eigenvalue weighted by molar-refractivity contribution is -0.120. The molecule has 0 atom stereocenters. The third kappa shape index (κ3) is 7.70. The minimum atomic E-state index is -3.45. The maximum atomic E-state index is 12.4. The lowest BCUT2D eigenvalue weighted by atomic mass is 10.1. The number of amides is 1. The Morgan fingerprint density at radius 3 is 2.59 bits per heavy atom. The number of hydrogen-bond acceptors (Lipinski definition) is 5. The molecule has 0 bridgehead atoms. The van der Waals surface area contributed by atoms with Crippen LogP contribution in [0.2, 0.25) is 5.02 Å². The summed E-state index contributed by atoms with van der Waals surface area (Å²) in [6, 6.07) is 14.7. The molecule has 3 rings (SSSR count). The predicted octanol–water partition coefficient (Wildman–Crippen LogP) is 4.07. The Kier molecular flexibility index (Phi) is 8.42. The van der Waals surface area contributed by atoms with Gasteiger partial charge in [-0.05, 0) is 42.7 Å². The number of nitrogens with zero attached hydrogens (tertiary/aromatic N) is 1. The molecule has 0 unspecified atom stereocenters. The molecule has 6 nitrogen and oxygen atoms in total. The zero-order valence-corrected chi connectivity index (χ0v) is 20.4. The van der Waals surface area contributed by atoms with E-state index in [2.05, 4.69) is 15.0 Å². The van der Waals surface area contributed by atoms with E-state index in [0.29, 0.717) is 22.7 Å². The number of nitrogens with one attached hydrogen (secondary N) is 2. The van der Waals surface area contributed by atoms with Crippen LogP contribution < -0.4 is 10.0 Å². The highest BCUT2D eigenvalue weighted by Gasteiger charge is 2.16. The van der Waals surface area contributed by atoms with Crippen LogP contribution in [0.1, 0.15) is 41.2 Å². The molecule has 0 aliphatic rings. The molecule has 0 aliphatic heterocycles. The van der Waals surface area contributed by atoms with Gasteiger partial charge < -0.3 is 5.32 Å². The average Bonchev–Trinajstić information content (AvgIpc) is 3.12. The van der Waals surface area contributed by atoms with Crippen molar-refractivity contribution in [1.29, 1.82) is 0 Å². The van der Waals surface area contributed by atoms with Gasteiger partial charge in [0.1, 0.15) is 0 Å². The monoisotopic (exact) mass is 491 g/mol. The molecule has 1 heterocycles. The summed E-state index contributed by atoms with van der Waals surface area (Å²) in [4.78, 5) is 17.0. The van der Waals surface area contributed by atoms with Crippen molar-refractivity contribution in [3.8, 4) is 0 Å². The number of carbonyl (C=O) groups excluding carboxylic acids is 1. The largest absolute Gasteiger partial charge is 0.352 e. The molecular formula is C23H26ClN3O3S2. The molecule has 0 fully saturated rings. The van der Waals surface area contributed by atoms with Gasteiger partial charge >= 0.3 is 0 Å². The van der Waals surface area contributed by atoms with Gasteiger partial charge in [0.15, 0.2) is 0 Å². The van der Waals surface area contributed by atoms with Gasteiger partial charge in [-0.1, -0.05) is 48.0 Å². The molecule has 2 aromatic carbocycles. The van der Waals surface area contributed by atoms with Gasteiger partial charge in [0.05, 0.1) is 22.9 Å². The first kappa shape index (κ1) is 24.4. The Morgan fingerprint density at radius 2 is 1.88 bits per heavy atom. The zero-order chi connectivity index (χ0) is 23.1. The molecule has 0 aliphatic carbocycles. The molecule has 1 amide bonds. The number of carbonyl (C=O) groups is 1. The molecule has 2 N–H and O–H groups in total. The van der Waals surface area contributed by atoms with E-state index in [1.54, 1.807) is 26.0 Å². The highest BCUT2D eigenvalue weighted by Crippen LogP contribution is 2.18. The maximum absolute atomic E-state index is 12.4. The molecular weight excluding hydrogens is 466 g/mol. The molecule has 0 saturated carbocycles. The molecule has 9 heteroatoms. The van der Waals surface area contributed by atoms with Crippen LogP contribution in [0, 0.1) is 0 Å². The van der Waals surface area contributed by atoms with Crippen molar-refractivity contribution < 1.29 is 13.2 Å². The number of halogens is 1. The predicted molar refractivity (Wildman–Crippen MR) is 129 cm³/mol. The fraction of sp³-hybridized carbons (Fsp3) is 0.304. The molecule has 1 aromatic heterocycles. The van der Waals surface area contributed by atoms with Crippen molar-refractivity contribution in [3.05, 3.63) is 86.3 Å². The first-order chi connectivity index (χ1) is 15.2. The summed E-state index contributed by atoms with van der Waals surface area (Å²) in [5.41, 5.74) is 3.22. The summed E-state index contributed by atoms with van der Waals surface area (Å²) in [5.74, 6) is -0.293. The quantitative estimate of drug-likeness (QED) is 0.447. The van der Waals surface area contributed by atoms with Crippen LogP contribution in [0.15, 0.2) is 53.9 Å². The van der Waals surface area contributed by atoms with Gasteiger partial charge in [0.25, 0.3) is 0 Å². The Morgan fingerprint density at radius 1 is 1.12 bits per heavy atom. The number of sulfonamides is 1. The maximum Gasteiger partial charge on any atom is 0.226 e. The van der Waals surface area contributed by atoms with Crippen LogP contribution in [0.5, 0.6) is 0 Å². The minimum absolute atomic E-state index is 0.129. The van der Waals surface area contributed by atoms with Gasteiger partial charge in [-0.15, -0.1) is 11.3 Å². The Labute approximate surface area is 198 Å². The fourth-order valence-electron chi connectivity index (χ4n) is 3.23. The summed E-state index contributed by atoms with van der Waals surface area (Å²) >= 11 is 7.54. The second-order valence-corrected chi connectivity index (χ2v) is 10.9. The summed E-state index contributed by atoms with van der Waals surface area (Å²) < 4.78 is 27.1. The van der Waals surface area contributed by atoms with E-state index in [-0.39, 0.29) is 30.7 Å². The summed E-state index contributed by atoms with van der Waals surface area (Å²) in [6.45, 7) is 3.82. The van der Waals surface area contributed by atoms with E-state index in [0.717, 1.165) is 16.1 Å². The van der Waals surface area contributed by atoms with E-state index in [4.69, 9.17) is 11.6 Å².